The molecule has 0 aliphatic rings. The van der Waals surface area contributed by atoms with E-state index in [1.807, 2.05) is 35.0 Å². The van der Waals surface area contributed by atoms with Crippen molar-refractivity contribution >= 4 is 5.91 Å². The van der Waals surface area contributed by atoms with Gasteiger partial charge in [0.1, 0.15) is 6.61 Å². The summed E-state index contributed by atoms with van der Waals surface area (Å²) in [6, 6.07) is 7.57. The van der Waals surface area contributed by atoms with Crippen LogP contribution >= 0.6 is 0 Å². The van der Waals surface area contributed by atoms with Crippen LogP contribution in [-0.4, -0.2) is 27.2 Å². The molecular weight excluding hydrogens is 266 g/mol. The highest BCUT2D eigenvalue weighted by Crippen LogP contribution is 2.07. The highest BCUT2D eigenvalue weighted by atomic mass is 16.2. The number of aliphatic hydroxyl groups is 1. The molecule has 0 unspecified atom stereocenters. The zero-order valence-corrected chi connectivity index (χ0v) is 11.6. The summed E-state index contributed by atoms with van der Waals surface area (Å²) in [5.41, 5.74) is 1.76. The second-order valence-corrected chi connectivity index (χ2v) is 4.44. The molecule has 0 spiro atoms. The third-order valence-corrected chi connectivity index (χ3v) is 2.95. The van der Waals surface area contributed by atoms with Gasteiger partial charge in [-0.1, -0.05) is 30.0 Å². The van der Waals surface area contributed by atoms with Gasteiger partial charge in [0.05, 0.1) is 6.33 Å². The van der Waals surface area contributed by atoms with Gasteiger partial charge in [-0.05, 0) is 11.6 Å². The molecule has 5 heteroatoms. The number of hydrogen-bond donors (Lipinski definition) is 2. The SMILES string of the molecule is O=C(CCn1ccnc1)NCc1ccccc1C#CCO. The third-order valence-electron chi connectivity index (χ3n) is 2.95. The molecule has 1 aromatic heterocycles. The third kappa shape index (κ3) is 4.79. The van der Waals surface area contributed by atoms with Crippen molar-refractivity contribution in [1.82, 2.24) is 14.9 Å². The van der Waals surface area contributed by atoms with E-state index in [1.165, 1.54) is 0 Å². The Morgan fingerprint density at radius 3 is 3.00 bits per heavy atom. The van der Waals surface area contributed by atoms with Crippen LogP contribution in [0.2, 0.25) is 0 Å². The van der Waals surface area contributed by atoms with Crippen LogP contribution in [0.1, 0.15) is 17.5 Å². The van der Waals surface area contributed by atoms with Gasteiger partial charge in [0, 0.05) is 37.5 Å². The van der Waals surface area contributed by atoms with Gasteiger partial charge in [0.25, 0.3) is 0 Å². The minimum atomic E-state index is -0.175. The molecule has 0 saturated heterocycles. The lowest BCUT2D eigenvalue weighted by Gasteiger charge is -2.07. The van der Waals surface area contributed by atoms with Crippen LogP contribution in [0.3, 0.4) is 0 Å². The lowest BCUT2D eigenvalue weighted by Crippen LogP contribution is -2.24. The molecule has 2 N–H and O–H groups in total. The minimum Gasteiger partial charge on any atom is -0.384 e. The lowest BCUT2D eigenvalue weighted by molar-refractivity contribution is -0.121. The number of carbonyl (C=O) groups excluding carboxylic acids is 1. The Labute approximate surface area is 123 Å². The van der Waals surface area contributed by atoms with Crippen molar-refractivity contribution in [1.29, 1.82) is 0 Å². The smallest absolute Gasteiger partial charge is 0.222 e. The molecule has 0 aliphatic heterocycles. The average molecular weight is 283 g/mol. The Morgan fingerprint density at radius 2 is 2.24 bits per heavy atom. The van der Waals surface area contributed by atoms with E-state index < -0.39 is 0 Å². The number of nitrogens with one attached hydrogen (secondary N) is 1. The quantitative estimate of drug-likeness (QED) is 0.802. The number of rotatable bonds is 5. The highest BCUT2D eigenvalue weighted by molar-refractivity contribution is 5.75. The summed E-state index contributed by atoms with van der Waals surface area (Å²) in [5, 5.41) is 11.6. The molecule has 0 saturated carbocycles. The number of aliphatic hydroxyl groups excluding tert-OH is 1. The molecule has 2 aromatic rings. The fourth-order valence-corrected chi connectivity index (χ4v) is 1.86. The van der Waals surface area contributed by atoms with E-state index in [2.05, 4.69) is 22.1 Å². The van der Waals surface area contributed by atoms with E-state index in [0.717, 1.165) is 11.1 Å². The summed E-state index contributed by atoms with van der Waals surface area (Å²) >= 11 is 0. The van der Waals surface area contributed by atoms with Crippen molar-refractivity contribution in [2.24, 2.45) is 0 Å². The standard InChI is InChI=1S/C16H17N3O2/c20-11-3-6-14-4-1-2-5-15(14)12-18-16(21)7-9-19-10-8-17-13-19/h1-2,4-5,8,10,13,20H,7,9,11-12H2,(H,18,21). The van der Waals surface area contributed by atoms with Crippen LogP contribution in [0, 0.1) is 11.8 Å². The predicted octanol–water partition coefficient (Wildman–Crippen LogP) is 0.933. The second-order valence-electron chi connectivity index (χ2n) is 4.44. The van der Waals surface area contributed by atoms with Gasteiger partial charge >= 0.3 is 0 Å². The first-order chi connectivity index (χ1) is 10.3. The van der Waals surface area contributed by atoms with E-state index in [4.69, 9.17) is 5.11 Å². The van der Waals surface area contributed by atoms with Crippen molar-refractivity contribution < 1.29 is 9.90 Å². The van der Waals surface area contributed by atoms with Crippen LogP contribution in [0.5, 0.6) is 0 Å². The number of imidazole rings is 1. The van der Waals surface area contributed by atoms with E-state index in [0.29, 0.717) is 19.5 Å². The maximum atomic E-state index is 11.8. The van der Waals surface area contributed by atoms with Gasteiger partial charge in [-0.2, -0.15) is 0 Å². The van der Waals surface area contributed by atoms with Crippen molar-refractivity contribution in [3.05, 3.63) is 54.1 Å². The summed E-state index contributed by atoms with van der Waals surface area (Å²) in [5.74, 6) is 5.48. The van der Waals surface area contributed by atoms with Gasteiger partial charge in [0.15, 0.2) is 0 Å². The van der Waals surface area contributed by atoms with Crippen LogP contribution in [0.25, 0.3) is 0 Å². The summed E-state index contributed by atoms with van der Waals surface area (Å²) in [7, 11) is 0. The highest BCUT2D eigenvalue weighted by Gasteiger charge is 2.04. The maximum Gasteiger partial charge on any atom is 0.222 e. The Hall–Kier alpha value is -2.58. The van der Waals surface area contributed by atoms with Crippen LogP contribution < -0.4 is 5.32 Å². The van der Waals surface area contributed by atoms with E-state index in [9.17, 15) is 4.79 Å². The van der Waals surface area contributed by atoms with Gasteiger partial charge in [-0.3, -0.25) is 4.79 Å². The Bertz CT molecular complexity index is 639. The summed E-state index contributed by atoms with van der Waals surface area (Å²) in [4.78, 5) is 15.7. The van der Waals surface area contributed by atoms with Crippen molar-refractivity contribution in [2.75, 3.05) is 6.61 Å². The number of nitrogens with zero attached hydrogens (tertiary/aromatic N) is 2. The first-order valence-electron chi connectivity index (χ1n) is 6.69. The van der Waals surface area contributed by atoms with Gasteiger partial charge in [0.2, 0.25) is 5.91 Å². The number of aromatic nitrogens is 2. The Kier molecular flexibility index (Phi) is 5.56. The lowest BCUT2D eigenvalue weighted by atomic mass is 10.1. The molecule has 1 heterocycles. The molecule has 0 aliphatic carbocycles. The molecule has 0 radical (unpaired) electrons. The molecule has 0 atom stereocenters. The molecular formula is C16H17N3O2. The summed E-state index contributed by atoms with van der Waals surface area (Å²) in [6.07, 6.45) is 5.61. The fourth-order valence-electron chi connectivity index (χ4n) is 1.86. The Morgan fingerprint density at radius 1 is 1.38 bits per heavy atom. The first kappa shape index (κ1) is 14.8. The molecule has 5 nitrogen and oxygen atoms in total. The number of hydrogen-bond acceptors (Lipinski definition) is 3. The zero-order valence-electron chi connectivity index (χ0n) is 11.6. The zero-order chi connectivity index (χ0) is 14.9. The molecule has 108 valence electrons. The minimum absolute atomic E-state index is 0.0198. The van der Waals surface area contributed by atoms with Crippen molar-refractivity contribution in [3.63, 3.8) is 0 Å². The number of benzene rings is 1. The first-order valence-corrected chi connectivity index (χ1v) is 6.69. The molecule has 21 heavy (non-hydrogen) atoms. The van der Waals surface area contributed by atoms with E-state index in [-0.39, 0.29) is 12.5 Å². The monoisotopic (exact) mass is 283 g/mol. The molecule has 1 amide bonds. The van der Waals surface area contributed by atoms with Crippen LogP contribution in [0.4, 0.5) is 0 Å². The molecule has 1 aromatic carbocycles. The van der Waals surface area contributed by atoms with Gasteiger partial charge in [-0.15, -0.1) is 0 Å². The summed E-state index contributed by atoms with van der Waals surface area (Å²) < 4.78 is 1.86. The van der Waals surface area contributed by atoms with Gasteiger partial charge in [-0.25, -0.2) is 4.98 Å². The van der Waals surface area contributed by atoms with E-state index >= 15 is 0 Å². The number of amides is 1. The molecule has 0 bridgehead atoms. The number of carbonyl (C=O) groups is 1. The van der Waals surface area contributed by atoms with Crippen LogP contribution in [-0.2, 0) is 17.9 Å². The molecule has 0 fully saturated rings. The summed E-state index contributed by atoms with van der Waals surface area (Å²) in [6.45, 7) is 0.864. The normalized spacial score (nSPS) is 9.76. The number of aryl methyl sites for hydroxylation is 1. The largest absolute Gasteiger partial charge is 0.384 e. The fraction of sp³-hybridized carbons (Fsp3) is 0.250. The predicted molar refractivity (Wildman–Crippen MR) is 79.1 cm³/mol. The topological polar surface area (TPSA) is 67.2 Å². The maximum absolute atomic E-state index is 11.8. The van der Waals surface area contributed by atoms with E-state index in [1.54, 1.807) is 12.5 Å². The Balaban J connectivity index is 1.86. The van der Waals surface area contributed by atoms with Gasteiger partial charge < -0.3 is 15.0 Å². The second kappa shape index (κ2) is 7.88. The van der Waals surface area contributed by atoms with Crippen LogP contribution in [0.15, 0.2) is 43.0 Å². The van der Waals surface area contributed by atoms with Crippen molar-refractivity contribution in [2.45, 2.75) is 19.5 Å². The van der Waals surface area contributed by atoms with Crippen molar-refractivity contribution in [3.8, 4) is 11.8 Å². The average Bonchev–Trinajstić information content (AvgIpc) is 3.03. The molecule has 2 rings (SSSR count).